The van der Waals surface area contributed by atoms with Crippen molar-refractivity contribution >= 4 is 40.8 Å². The maximum Gasteiger partial charge on any atom is 0.157 e. The van der Waals surface area contributed by atoms with E-state index in [4.69, 9.17) is 27.9 Å². The number of carboxylic acids is 1. The molecule has 0 aromatic heterocycles. The quantitative estimate of drug-likeness (QED) is 0.604. The molecule has 122 valence electrons. The molecule has 0 radical (unpaired) electrons. The number of benzene rings is 2. The smallest absolute Gasteiger partial charge is 0.157 e. The zero-order valence-electron chi connectivity index (χ0n) is 12.7. The molecule has 0 bridgehead atoms. The molecule has 24 heavy (non-hydrogen) atoms. The van der Waals surface area contributed by atoms with Crippen LogP contribution in [0.5, 0.6) is 5.75 Å². The fourth-order valence-electron chi connectivity index (χ4n) is 2.09. The van der Waals surface area contributed by atoms with Gasteiger partial charge in [0.05, 0.1) is 27.7 Å². The van der Waals surface area contributed by atoms with Crippen LogP contribution in [0.25, 0.3) is 11.6 Å². The van der Waals surface area contributed by atoms with Crippen molar-refractivity contribution in [2.45, 2.75) is 6.92 Å². The Hall–Kier alpha value is -2.48. The number of carbonyl (C=O) groups excluding carboxylic acids is 1. The van der Waals surface area contributed by atoms with Crippen molar-refractivity contribution in [1.82, 2.24) is 0 Å². The van der Waals surface area contributed by atoms with Crippen LogP contribution in [0.4, 0.5) is 0 Å². The van der Waals surface area contributed by atoms with E-state index >= 15 is 0 Å². The van der Waals surface area contributed by atoms with Gasteiger partial charge in [-0.2, -0.15) is 5.26 Å². The third-order valence-electron chi connectivity index (χ3n) is 3.12. The Kier molecular flexibility index (Phi) is 5.86. The molecule has 6 heteroatoms. The number of carboxylic acid groups (broad SMARTS) is 1. The Morgan fingerprint density at radius 2 is 1.96 bits per heavy atom. The lowest BCUT2D eigenvalue weighted by atomic mass is 10.0. The second-order valence-corrected chi connectivity index (χ2v) is 5.83. The van der Waals surface area contributed by atoms with Gasteiger partial charge in [0.25, 0.3) is 0 Å². The van der Waals surface area contributed by atoms with E-state index in [0.29, 0.717) is 11.1 Å². The van der Waals surface area contributed by atoms with E-state index in [2.05, 4.69) is 6.07 Å². The number of hydrogen-bond acceptors (Lipinski definition) is 4. The SMILES string of the molecule is Cc1cccc(/C(C#N)=C\c2cc(Cl)c(OCC(=O)[O-])c(Cl)c2)c1. The first-order valence-corrected chi connectivity index (χ1v) is 7.67. The lowest BCUT2D eigenvalue weighted by Crippen LogP contribution is -2.29. The molecule has 0 fully saturated rings. The fraction of sp³-hybridized carbons (Fsp3) is 0.111. The monoisotopic (exact) mass is 360 g/mol. The number of rotatable bonds is 5. The van der Waals surface area contributed by atoms with Gasteiger partial charge in [-0.25, -0.2) is 0 Å². The molecule has 2 aromatic carbocycles. The Labute approximate surface area is 149 Å². The van der Waals surface area contributed by atoms with E-state index in [9.17, 15) is 15.2 Å². The average molecular weight is 361 g/mol. The van der Waals surface area contributed by atoms with Crippen molar-refractivity contribution < 1.29 is 14.6 Å². The van der Waals surface area contributed by atoms with Gasteiger partial charge in [-0.15, -0.1) is 0 Å². The molecule has 0 aliphatic heterocycles. The Morgan fingerprint density at radius 3 is 2.50 bits per heavy atom. The molecule has 0 aliphatic carbocycles. The van der Waals surface area contributed by atoms with E-state index in [0.717, 1.165) is 11.1 Å². The first-order valence-electron chi connectivity index (χ1n) is 6.91. The number of ether oxygens (including phenoxy) is 1. The van der Waals surface area contributed by atoms with Gasteiger partial charge in [0.1, 0.15) is 6.61 Å². The zero-order chi connectivity index (χ0) is 17.7. The second-order valence-electron chi connectivity index (χ2n) is 5.01. The van der Waals surface area contributed by atoms with Crippen LogP contribution in [0.15, 0.2) is 36.4 Å². The van der Waals surface area contributed by atoms with Crippen molar-refractivity contribution in [3.8, 4) is 11.8 Å². The van der Waals surface area contributed by atoms with Gasteiger partial charge >= 0.3 is 0 Å². The Bertz CT molecular complexity index is 831. The van der Waals surface area contributed by atoms with E-state index < -0.39 is 12.6 Å². The van der Waals surface area contributed by atoms with Gasteiger partial charge < -0.3 is 14.6 Å². The number of aliphatic carboxylic acids is 1. The van der Waals surface area contributed by atoms with Crippen LogP contribution in [0.3, 0.4) is 0 Å². The van der Waals surface area contributed by atoms with Crippen LogP contribution in [0, 0.1) is 18.3 Å². The predicted molar refractivity (Wildman–Crippen MR) is 91.6 cm³/mol. The summed E-state index contributed by atoms with van der Waals surface area (Å²) in [6.45, 7) is 1.29. The van der Waals surface area contributed by atoms with Gasteiger partial charge in [0, 0.05) is 0 Å². The van der Waals surface area contributed by atoms with E-state index in [1.54, 1.807) is 18.2 Å². The molecule has 0 saturated heterocycles. The molecule has 4 nitrogen and oxygen atoms in total. The topological polar surface area (TPSA) is 73.1 Å². The maximum absolute atomic E-state index is 10.5. The highest BCUT2D eigenvalue weighted by atomic mass is 35.5. The first kappa shape index (κ1) is 17.9. The number of nitrogens with zero attached hydrogens (tertiary/aromatic N) is 1. The van der Waals surface area contributed by atoms with Gasteiger partial charge in [0.2, 0.25) is 0 Å². The number of hydrogen-bond donors (Lipinski definition) is 0. The predicted octanol–water partition coefficient (Wildman–Crippen LogP) is 3.49. The summed E-state index contributed by atoms with van der Waals surface area (Å²) in [5.41, 5.74) is 2.87. The highest BCUT2D eigenvalue weighted by Gasteiger charge is 2.10. The lowest BCUT2D eigenvalue weighted by molar-refractivity contribution is -0.307. The summed E-state index contributed by atoms with van der Waals surface area (Å²) in [4.78, 5) is 10.5. The number of aryl methyl sites for hydroxylation is 1. The summed E-state index contributed by atoms with van der Waals surface area (Å²) >= 11 is 12.2. The molecule has 0 heterocycles. The highest BCUT2D eigenvalue weighted by Crippen LogP contribution is 2.35. The normalized spacial score (nSPS) is 11.0. The molecule has 0 saturated carbocycles. The first-order chi connectivity index (χ1) is 11.4. The van der Waals surface area contributed by atoms with Crippen LogP contribution < -0.4 is 9.84 Å². The van der Waals surface area contributed by atoms with Gasteiger partial charge in [0.15, 0.2) is 5.75 Å². The summed E-state index contributed by atoms with van der Waals surface area (Å²) in [6, 6.07) is 12.8. The standard InChI is InChI=1S/C18H13Cl2NO3/c1-11-3-2-4-13(5-11)14(9-21)6-12-7-15(19)18(16(20)8-12)24-10-17(22)23/h2-8H,10H2,1H3,(H,22,23)/p-1/b14-6-. The Morgan fingerprint density at radius 1 is 1.29 bits per heavy atom. The van der Waals surface area contributed by atoms with Crippen molar-refractivity contribution in [2.75, 3.05) is 6.61 Å². The number of allylic oxidation sites excluding steroid dienone is 1. The number of halogens is 2. The lowest BCUT2D eigenvalue weighted by Gasteiger charge is -2.11. The van der Waals surface area contributed by atoms with E-state index in [1.807, 2.05) is 31.2 Å². The summed E-state index contributed by atoms with van der Waals surface area (Å²) in [6.07, 6.45) is 1.65. The molecular weight excluding hydrogens is 349 g/mol. The van der Waals surface area contributed by atoms with Gasteiger partial charge in [-0.3, -0.25) is 0 Å². The van der Waals surface area contributed by atoms with Crippen molar-refractivity contribution in [3.63, 3.8) is 0 Å². The molecule has 0 aliphatic rings. The summed E-state index contributed by atoms with van der Waals surface area (Å²) in [7, 11) is 0. The maximum atomic E-state index is 10.5. The molecule has 2 aromatic rings. The highest BCUT2D eigenvalue weighted by molar-refractivity contribution is 6.37. The molecule has 0 unspecified atom stereocenters. The van der Waals surface area contributed by atoms with Crippen molar-refractivity contribution in [2.24, 2.45) is 0 Å². The molecule has 2 rings (SSSR count). The molecule has 0 spiro atoms. The summed E-state index contributed by atoms with van der Waals surface area (Å²) in [5.74, 6) is -1.31. The third-order valence-corrected chi connectivity index (χ3v) is 3.68. The summed E-state index contributed by atoms with van der Waals surface area (Å²) < 4.78 is 5.00. The van der Waals surface area contributed by atoms with Crippen LogP contribution in [0.1, 0.15) is 16.7 Å². The third kappa shape index (κ3) is 4.51. The molecule has 0 amide bonds. The fourth-order valence-corrected chi connectivity index (χ4v) is 2.70. The van der Waals surface area contributed by atoms with Crippen LogP contribution in [-0.4, -0.2) is 12.6 Å². The van der Waals surface area contributed by atoms with E-state index in [1.165, 1.54) is 0 Å². The molecular formula is C18H12Cl2NO3-. The van der Waals surface area contributed by atoms with Crippen LogP contribution in [-0.2, 0) is 4.79 Å². The summed E-state index contributed by atoms with van der Waals surface area (Å²) in [5, 5.41) is 20.2. The van der Waals surface area contributed by atoms with E-state index in [-0.39, 0.29) is 15.8 Å². The largest absolute Gasteiger partial charge is 0.546 e. The van der Waals surface area contributed by atoms with Gasteiger partial charge in [-0.05, 0) is 36.3 Å². The minimum absolute atomic E-state index is 0.0637. The number of nitriles is 1. The Balaban J connectivity index is 2.38. The minimum atomic E-state index is -1.38. The average Bonchev–Trinajstić information content (AvgIpc) is 2.51. The zero-order valence-corrected chi connectivity index (χ0v) is 14.2. The molecule has 0 atom stereocenters. The second kappa shape index (κ2) is 7.87. The number of carbonyl (C=O) groups is 1. The van der Waals surface area contributed by atoms with Crippen LogP contribution in [0.2, 0.25) is 10.0 Å². The van der Waals surface area contributed by atoms with Gasteiger partial charge in [-0.1, -0.05) is 53.0 Å². The minimum Gasteiger partial charge on any atom is -0.546 e. The van der Waals surface area contributed by atoms with Crippen LogP contribution >= 0.6 is 23.2 Å². The molecule has 0 N–H and O–H groups in total. The van der Waals surface area contributed by atoms with Crippen molar-refractivity contribution in [1.29, 1.82) is 5.26 Å². The van der Waals surface area contributed by atoms with Crippen molar-refractivity contribution in [3.05, 3.63) is 63.1 Å².